The van der Waals surface area contributed by atoms with Gasteiger partial charge in [0.25, 0.3) is 11.3 Å². The van der Waals surface area contributed by atoms with E-state index in [1.54, 1.807) is 12.1 Å². The normalized spacial score (nSPS) is 28.5. The molecule has 0 saturated heterocycles. The molecule has 2 aliphatic rings. The maximum Gasteiger partial charge on any atom is 0.303 e. The monoisotopic (exact) mass is 441 g/mol. The molecule has 2 aliphatic carbocycles. The Hall–Kier alpha value is -1.18. The molecule has 0 spiro atoms. The van der Waals surface area contributed by atoms with Gasteiger partial charge in [-0.25, -0.2) is 4.72 Å². The highest BCUT2D eigenvalue weighted by molar-refractivity contribution is 9.10. The summed E-state index contributed by atoms with van der Waals surface area (Å²) in [6.07, 6.45) is 9.44. The van der Waals surface area contributed by atoms with E-state index in [1.807, 2.05) is 12.1 Å². The molecule has 1 aromatic rings. The number of nitrogens with one attached hydrogen (secondary N) is 1. The van der Waals surface area contributed by atoms with E-state index in [4.69, 9.17) is 9.29 Å². The Labute approximate surface area is 165 Å². The maximum absolute atomic E-state index is 12.3. The zero-order valence-electron chi connectivity index (χ0n) is 14.5. The van der Waals surface area contributed by atoms with Crippen LogP contribution in [0.15, 0.2) is 40.9 Å². The Morgan fingerprint density at radius 1 is 1.31 bits per heavy atom. The average molecular weight is 442 g/mol. The summed E-state index contributed by atoms with van der Waals surface area (Å²) in [6.45, 7) is 0. The second-order valence-corrected chi connectivity index (χ2v) is 8.90. The van der Waals surface area contributed by atoms with Crippen molar-refractivity contribution in [3.05, 3.63) is 40.9 Å². The molecule has 26 heavy (non-hydrogen) atoms. The van der Waals surface area contributed by atoms with Gasteiger partial charge in [-0.2, -0.15) is 4.21 Å². The molecule has 0 aromatic heterocycles. The van der Waals surface area contributed by atoms with Gasteiger partial charge in [-0.15, -0.1) is 0 Å². The van der Waals surface area contributed by atoms with Crippen LogP contribution in [0.3, 0.4) is 0 Å². The fraction of sp³-hybridized carbons (Fsp3) is 0.526. The van der Waals surface area contributed by atoms with Crippen LogP contribution < -0.4 is 8.91 Å². The number of allylic oxidation sites excluding steroid dienone is 2. The fourth-order valence-electron chi connectivity index (χ4n) is 4.13. The molecule has 5 atom stereocenters. The van der Waals surface area contributed by atoms with E-state index < -0.39 is 17.2 Å². The van der Waals surface area contributed by atoms with Gasteiger partial charge in [0.2, 0.25) is 0 Å². The largest absolute Gasteiger partial charge is 0.481 e. The van der Waals surface area contributed by atoms with E-state index in [-0.39, 0.29) is 12.5 Å². The van der Waals surface area contributed by atoms with Crippen molar-refractivity contribution in [2.24, 2.45) is 17.8 Å². The van der Waals surface area contributed by atoms with Crippen molar-refractivity contribution in [2.75, 3.05) is 0 Å². The molecule has 3 rings (SSSR count). The molecule has 7 heteroatoms. The molecule has 0 aliphatic heterocycles. The molecule has 2 bridgehead atoms. The Bertz CT molecular complexity index is 679. The smallest absolute Gasteiger partial charge is 0.303 e. The second-order valence-electron chi connectivity index (χ2n) is 7.11. The highest BCUT2D eigenvalue weighted by atomic mass is 79.9. The number of fused-ring (bicyclic) bond motifs is 2. The summed E-state index contributed by atoms with van der Waals surface area (Å²) in [5.41, 5.74) is 0. The minimum atomic E-state index is -1.55. The highest BCUT2D eigenvalue weighted by Crippen LogP contribution is 2.49. The van der Waals surface area contributed by atoms with Gasteiger partial charge in [-0.05, 0) is 74.1 Å². The predicted molar refractivity (Wildman–Crippen MR) is 105 cm³/mol. The lowest BCUT2D eigenvalue weighted by molar-refractivity contribution is -0.137. The van der Waals surface area contributed by atoms with Crippen molar-refractivity contribution < 1.29 is 18.3 Å². The van der Waals surface area contributed by atoms with Crippen LogP contribution in [0, 0.1) is 17.8 Å². The van der Waals surface area contributed by atoms with Crippen molar-refractivity contribution in [1.29, 1.82) is 0 Å². The van der Waals surface area contributed by atoms with Gasteiger partial charge in [0.15, 0.2) is 0 Å². The summed E-state index contributed by atoms with van der Waals surface area (Å²) in [5.74, 6) is 1.48. The first-order valence-electron chi connectivity index (χ1n) is 9.01. The summed E-state index contributed by atoms with van der Waals surface area (Å²) < 4.78 is 21.9. The van der Waals surface area contributed by atoms with Crippen molar-refractivity contribution in [3.8, 4) is 5.75 Å². The number of carbonyl (C=O) groups is 1. The third-order valence-electron chi connectivity index (χ3n) is 5.24. The van der Waals surface area contributed by atoms with Gasteiger partial charge in [-0.1, -0.05) is 28.1 Å². The number of carboxylic acids is 1. The molecule has 142 valence electrons. The molecule has 0 radical (unpaired) electrons. The Morgan fingerprint density at radius 3 is 2.77 bits per heavy atom. The van der Waals surface area contributed by atoms with Crippen LogP contribution in [0.1, 0.15) is 38.5 Å². The molecular formula is C19H24BrNO4S. The van der Waals surface area contributed by atoms with E-state index in [1.165, 1.54) is 6.42 Å². The number of aliphatic carboxylic acids is 1. The van der Waals surface area contributed by atoms with E-state index in [0.29, 0.717) is 29.9 Å². The third kappa shape index (κ3) is 5.41. The van der Waals surface area contributed by atoms with Crippen molar-refractivity contribution in [2.45, 2.75) is 44.6 Å². The van der Waals surface area contributed by atoms with Gasteiger partial charge in [0.05, 0.1) is 0 Å². The molecule has 5 nitrogen and oxygen atoms in total. The van der Waals surface area contributed by atoms with Crippen LogP contribution in [0.25, 0.3) is 0 Å². The van der Waals surface area contributed by atoms with Gasteiger partial charge < -0.3 is 9.29 Å². The van der Waals surface area contributed by atoms with Gasteiger partial charge in [0.1, 0.15) is 5.75 Å². The van der Waals surface area contributed by atoms with Crippen molar-refractivity contribution in [3.63, 3.8) is 0 Å². The minimum Gasteiger partial charge on any atom is -0.481 e. The molecule has 3 unspecified atom stereocenters. The molecule has 2 saturated carbocycles. The Kier molecular flexibility index (Phi) is 6.89. The van der Waals surface area contributed by atoms with E-state index in [9.17, 15) is 9.00 Å². The lowest BCUT2D eigenvalue weighted by Gasteiger charge is -2.27. The highest BCUT2D eigenvalue weighted by Gasteiger charge is 2.45. The lowest BCUT2D eigenvalue weighted by atomic mass is 9.85. The number of benzene rings is 1. The zero-order chi connectivity index (χ0) is 18.5. The first-order valence-corrected chi connectivity index (χ1v) is 10.9. The summed E-state index contributed by atoms with van der Waals surface area (Å²) in [4.78, 5) is 10.5. The summed E-state index contributed by atoms with van der Waals surface area (Å²) >= 11 is 1.81. The number of unbranched alkanes of at least 4 members (excludes halogenated alkanes) is 1. The number of carboxylic acid groups (broad SMARTS) is 1. The lowest BCUT2D eigenvalue weighted by Crippen LogP contribution is -2.39. The number of halogens is 1. The van der Waals surface area contributed by atoms with Crippen LogP contribution in [0.4, 0.5) is 0 Å². The van der Waals surface area contributed by atoms with Crippen LogP contribution in [0.5, 0.6) is 5.75 Å². The molecule has 2 fully saturated rings. The summed E-state index contributed by atoms with van der Waals surface area (Å²) in [5, 5.41) is 8.67. The molecule has 2 N–H and O–H groups in total. The zero-order valence-corrected chi connectivity index (χ0v) is 16.9. The Balaban J connectivity index is 1.47. The molecule has 0 heterocycles. The quantitative estimate of drug-likeness (QED) is 0.444. The fourth-order valence-corrected chi connectivity index (χ4v) is 5.25. The maximum atomic E-state index is 12.3. The number of rotatable bonds is 9. The van der Waals surface area contributed by atoms with Gasteiger partial charge in [0, 0.05) is 16.9 Å². The van der Waals surface area contributed by atoms with Crippen LogP contribution in [0.2, 0.25) is 0 Å². The molecule has 1 aromatic carbocycles. The van der Waals surface area contributed by atoms with Crippen molar-refractivity contribution in [1.82, 2.24) is 4.72 Å². The van der Waals surface area contributed by atoms with Gasteiger partial charge >= 0.3 is 5.97 Å². The van der Waals surface area contributed by atoms with Crippen LogP contribution in [-0.4, -0.2) is 21.3 Å². The SMILES string of the molecule is O=C(O)CCCC=CC1C[C@H]2CC(NS(=O)Oc3ccc(Br)cc3)[C@@H]1C2. The number of hydrogen-bond acceptors (Lipinski definition) is 3. The summed E-state index contributed by atoms with van der Waals surface area (Å²) in [7, 11) is 0. The van der Waals surface area contributed by atoms with E-state index in [0.717, 1.165) is 23.7 Å². The van der Waals surface area contributed by atoms with Gasteiger partial charge in [-0.3, -0.25) is 4.79 Å². The average Bonchev–Trinajstić information content (AvgIpc) is 3.16. The summed E-state index contributed by atoms with van der Waals surface area (Å²) in [6, 6.07) is 7.49. The number of hydrogen-bond donors (Lipinski definition) is 2. The minimum absolute atomic E-state index is 0.207. The predicted octanol–water partition coefficient (Wildman–Crippen LogP) is 4.22. The Morgan fingerprint density at radius 2 is 2.08 bits per heavy atom. The first kappa shape index (κ1) is 19.6. The van der Waals surface area contributed by atoms with Crippen LogP contribution in [-0.2, 0) is 16.1 Å². The second kappa shape index (κ2) is 9.15. The van der Waals surface area contributed by atoms with Crippen molar-refractivity contribution >= 4 is 33.2 Å². The topological polar surface area (TPSA) is 75.6 Å². The first-order chi connectivity index (χ1) is 12.5. The van der Waals surface area contributed by atoms with Crippen LogP contribution >= 0.6 is 15.9 Å². The molecule has 0 amide bonds. The third-order valence-corrected chi connectivity index (χ3v) is 6.61. The standard InChI is InChI=1S/C19H24BrNO4S/c20-15-6-8-16(9-7-15)25-26(24)21-18-12-13-10-14(17(18)11-13)4-2-1-3-5-19(22)23/h2,4,6-9,13-14,17-18,21H,1,3,5,10-12H2,(H,22,23)/t13-,14?,17-,18?,26?/m1/s1. The van der Waals surface area contributed by atoms with E-state index >= 15 is 0 Å². The van der Waals surface area contributed by atoms with E-state index in [2.05, 4.69) is 32.8 Å². The molecular weight excluding hydrogens is 418 g/mol.